The van der Waals surface area contributed by atoms with Crippen molar-refractivity contribution in [2.45, 2.75) is 24.9 Å². The fourth-order valence-corrected chi connectivity index (χ4v) is 5.42. The average molecular weight is 493 g/mol. The van der Waals surface area contributed by atoms with Gasteiger partial charge in [0.15, 0.2) is 0 Å². The Hall–Kier alpha value is -2.87. The summed E-state index contributed by atoms with van der Waals surface area (Å²) < 4.78 is 0. The van der Waals surface area contributed by atoms with Crippen molar-refractivity contribution in [3.05, 3.63) is 82.6 Å². The molecule has 2 aromatic carbocycles. The summed E-state index contributed by atoms with van der Waals surface area (Å²) in [5.74, 6) is 0.108. The third kappa shape index (κ3) is 5.53. The number of nitrogens with one attached hydrogen (secondary N) is 2. The van der Waals surface area contributed by atoms with Crippen LogP contribution in [0.1, 0.15) is 40.4 Å². The van der Waals surface area contributed by atoms with Gasteiger partial charge in [0.05, 0.1) is 12.2 Å². The van der Waals surface area contributed by atoms with E-state index >= 15 is 0 Å². The van der Waals surface area contributed by atoms with Gasteiger partial charge in [-0.2, -0.15) is 5.10 Å². The number of piperidine rings is 1. The molecule has 1 amide bonds. The standard InChI is InChI=1S/C27H33ClN6O/c1-32-12-10-23(11-13-32)33-14-16-34(17-15-33)27(35)20-6-8-22(9-7-20)31-26(21-18-29-30-19-21)24-4-2-3-5-25(24)28/h2-9,18-19,23,26,31H,10-17H2,1H3,(H,29,30). The van der Waals surface area contributed by atoms with E-state index in [4.69, 9.17) is 11.6 Å². The Bertz CT molecular complexity index is 1100. The maximum Gasteiger partial charge on any atom is 0.253 e. The first kappa shape index (κ1) is 23.9. The number of likely N-dealkylation sites (tertiary alicyclic amines) is 1. The van der Waals surface area contributed by atoms with E-state index < -0.39 is 0 Å². The molecule has 184 valence electrons. The molecule has 0 aliphatic carbocycles. The van der Waals surface area contributed by atoms with Crippen LogP contribution < -0.4 is 5.32 Å². The predicted octanol–water partition coefficient (Wildman–Crippen LogP) is 4.12. The fraction of sp³-hybridized carbons (Fsp3) is 0.407. The number of halogens is 1. The van der Waals surface area contributed by atoms with E-state index in [2.05, 4.69) is 32.4 Å². The van der Waals surface area contributed by atoms with Crippen molar-refractivity contribution < 1.29 is 4.79 Å². The second kappa shape index (κ2) is 10.8. The summed E-state index contributed by atoms with van der Waals surface area (Å²) in [6.07, 6.45) is 6.12. The second-order valence-corrected chi connectivity index (χ2v) is 9.98. The quantitative estimate of drug-likeness (QED) is 0.542. The minimum atomic E-state index is -0.156. The molecule has 0 spiro atoms. The molecular weight excluding hydrogens is 460 g/mol. The number of hydrogen-bond donors (Lipinski definition) is 2. The topological polar surface area (TPSA) is 67.5 Å². The van der Waals surface area contributed by atoms with Crippen LogP contribution >= 0.6 is 11.6 Å². The van der Waals surface area contributed by atoms with Gasteiger partial charge in [0, 0.05) is 60.3 Å². The number of rotatable bonds is 6. The SMILES string of the molecule is CN1CCC(N2CCN(C(=O)c3ccc(NC(c4cn[nH]c4)c4ccccc4Cl)cc3)CC2)CC1. The van der Waals surface area contributed by atoms with E-state index in [9.17, 15) is 4.79 Å². The van der Waals surface area contributed by atoms with E-state index in [1.807, 2.05) is 59.6 Å². The number of carbonyl (C=O) groups is 1. The molecule has 35 heavy (non-hydrogen) atoms. The molecule has 1 aromatic heterocycles. The number of aromatic nitrogens is 2. The van der Waals surface area contributed by atoms with Crippen molar-refractivity contribution in [1.82, 2.24) is 24.9 Å². The van der Waals surface area contributed by atoms with Crippen molar-refractivity contribution in [1.29, 1.82) is 0 Å². The minimum absolute atomic E-state index is 0.108. The first-order chi connectivity index (χ1) is 17.1. The van der Waals surface area contributed by atoms with Gasteiger partial charge in [-0.1, -0.05) is 29.8 Å². The number of carbonyl (C=O) groups excluding carboxylic acids is 1. The summed E-state index contributed by atoms with van der Waals surface area (Å²) in [4.78, 5) is 20.1. The normalized spacial score (nSPS) is 19.0. The Morgan fingerprint density at radius 2 is 1.74 bits per heavy atom. The van der Waals surface area contributed by atoms with E-state index in [0.717, 1.165) is 48.6 Å². The van der Waals surface area contributed by atoms with Crippen LogP contribution in [0, 0.1) is 0 Å². The van der Waals surface area contributed by atoms with Gasteiger partial charge < -0.3 is 15.1 Å². The highest BCUT2D eigenvalue weighted by atomic mass is 35.5. The molecule has 2 N–H and O–H groups in total. The molecule has 2 saturated heterocycles. The largest absolute Gasteiger partial charge is 0.374 e. The fourth-order valence-electron chi connectivity index (χ4n) is 5.18. The lowest BCUT2D eigenvalue weighted by molar-refractivity contribution is 0.0475. The van der Waals surface area contributed by atoms with Gasteiger partial charge in [0.25, 0.3) is 5.91 Å². The van der Waals surface area contributed by atoms with Gasteiger partial charge in [-0.05, 0) is 68.9 Å². The van der Waals surface area contributed by atoms with Crippen molar-refractivity contribution in [2.24, 2.45) is 0 Å². The molecule has 8 heteroatoms. The van der Waals surface area contributed by atoms with Gasteiger partial charge >= 0.3 is 0 Å². The van der Waals surface area contributed by atoms with Crippen molar-refractivity contribution in [3.63, 3.8) is 0 Å². The minimum Gasteiger partial charge on any atom is -0.374 e. The molecule has 3 aromatic rings. The number of H-pyrrole nitrogens is 1. The Morgan fingerprint density at radius 3 is 2.40 bits per heavy atom. The van der Waals surface area contributed by atoms with Crippen LogP contribution in [0.25, 0.3) is 0 Å². The highest BCUT2D eigenvalue weighted by molar-refractivity contribution is 6.31. The maximum absolute atomic E-state index is 13.2. The molecular formula is C27H33ClN6O. The number of nitrogens with zero attached hydrogens (tertiary/aromatic N) is 4. The Kier molecular flexibility index (Phi) is 7.37. The average Bonchev–Trinajstić information content (AvgIpc) is 3.43. The molecule has 1 atom stereocenters. The van der Waals surface area contributed by atoms with Crippen LogP contribution in [-0.4, -0.2) is 83.2 Å². The maximum atomic E-state index is 13.2. The number of aromatic amines is 1. The molecule has 2 fully saturated rings. The van der Waals surface area contributed by atoms with Crippen LogP contribution in [0.2, 0.25) is 5.02 Å². The summed E-state index contributed by atoms with van der Waals surface area (Å²) in [7, 11) is 2.20. The molecule has 2 aliphatic heterocycles. The lowest BCUT2D eigenvalue weighted by atomic mass is 10.0. The Balaban J connectivity index is 1.22. The number of hydrogen-bond acceptors (Lipinski definition) is 5. The molecule has 2 aliphatic rings. The van der Waals surface area contributed by atoms with Gasteiger partial charge in [0.2, 0.25) is 0 Å². The summed E-state index contributed by atoms with van der Waals surface area (Å²) >= 11 is 6.49. The van der Waals surface area contributed by atoms with Crippen molar-refractivity contribution in [2.75, 3.05) is 51.6 Å². The number of piperazine rings is 1. The van der Waals surface area contributed by atoms with Gasteiger partial charge in [0.1, 0.15) is 0 Å². The van der Waals surface area contributed by atoms with Gasteiger partial charge in [-0.25, -0.2) is 0 Å². The van der Waals surface area contributed by atoms with Crippen LogP contribution in [0.5, 0.6) is 0 Å². The molecule has 1 unspecified atom stereocenters. The highest BCUT2D eigenvalue weighted by Gasteiger charge is 2.28. The van der Waals surface area contributed by atoms with E-state index in [1.54, 1.807) is 6.20 Å². The van der Waals surface area contributed by atoms with E-state index in [-0.39, 0.29) is 11.9 Å². The summed E-state index contributed by atoms with van der Waals surface area (Å²) in [5, 5.41) is 11.2. The highest BCUT2D eigenvalue weighted by Crippen LogP contribution is 2.31. The Morgan fingerprint density at radius 1 is 1.03 bits per heavy atom. The smallest absolute Gasteiger partial charge is 0.253 e. The number of benzene rings is 2. The third-order valence-corrected chi connectivity index (χ3v) is 7.66. The number of amides is 1. The summed E-state index contributed by atoms with van der Waals surface area (Å²) in [6.45, 7) is 5.85. The van der Waals surface area contributed by atoms with E-state index in [0.29, 0.717) is 11.1 Å². The van der Waals surface area contributed by atoms with E-state index in [1.165, 1.54) is 25.9 Å². The Labute approximate surface area is 212 Å². The molecule has 0 saturated carbocycles. The van der Waals surface area contributed by atoms with Crippen molar-refractivity contribution >= 4 is 23.2 Å². The molecule has 5 rings (SSSR count). The molecule has 0 radical (unpaired) electrons. The molecule has 0 bridgehead atoms. The lowest BCUT2D eigenvalue weighted by Crippen LogP contribution is -2.54. The predicted molar refractivity (Wildman–Crippen MR) is 140 cm³/mol. The van der Waals surface area contributed by atoms with Gasteiger partial charge in [-0.15, -0.1) is 0 Å². The van der Waals surface area contributed by atoms with Crippen LogP contribution in [0.3, 0.4) is 0 Å². The van der Waals surface area contributed by atoms with Crippen LogP contribution in [0.4, 0.5) is 5.69 Å². The summed E-state index contributed by atoms with van der Waals surface area (Å²) in [5.41, 5.74) is 3.60. The molecule has 7 nitrogen and oxygen atoms in total. The zero-order chi connectivity index (χ0) is 24.2. The molecule has 3 heterocycles. The lowest BCUT2D eigenvalue weighted by Gasteiger charge is -2.42. The van der Waals surface area contributed by atoms with Crippen LogP contribution in [-0.2, 0) is 0 Å². The number of anilines is 1. The monoisotopic (exact) mass is 492 g/mol. The van der Waals surface area contributed by atoms with Crippen LogP contribution in [0.15, 0.2) is 60.9 Å². The third-order valence-electron chi connectivity index (χ3n) is 7.32. The van der Waals surface area contributed by atoms with Crippen molar-refractivity contribution in [3.8, 4) is 0 Å². The summed E-state index contributed by atoms with van der Waals surface area (Å²) in [6, 6.07) is 16.1. The zero-order valence-corrected chi connectivity index (χ0v) is 20.9. The second-order valence-electron chi connectivity index (χ2n) is 9.57. The first-order valence-electron chi connectivity index (χ1n) is 12.4. The van der Waals surface area contributed by atoms with Gasteiger partial charge in [-0.3, -0.25) is 14.8 Å². The zero-order valence-electron chi connectivity index (χ0n) is 20.2. The first-order valence-corrected chi connectivity index (χ1v) is 12.8.